The van der Waals surface area contributed by atoms with Crippen LogP contribution in [0.25, 0.3) is 23.1 Å². The van der Waals surface area contributed by atoms with Crippen molar-refractivity contribution < 1.29 is 19.1 Å². The average Bonchev–Trinajstić information content (AvgIpc) is 3.59. The lowest BCUT2D eigenvalue weighted by atomic mass is 9.81. The molecule has 9 heteroatoms. The topological polar surface area (TPSA) is 95.3 Å². The molecule has 234 valence electrons. The minimum absolute atomic E-state index is 0.0733. The van der Waals surface area contributed by atoms with Crippen LogP contribution in [-0.4, -0.2) is 39.9 Å². The molecule has 3 heterocycles. The zero-order valence-corrected chi connectivity index (χ0v) is 26.9. The molecule has 2 aliphatic rings. The molecule has 0 radical (unpaired) electrons. The molecule has 8 nitrogen and oxygen atoms in total. The van der Waals surface area contributed by atoms with Gasteiger partial charge in [0, 0.05) is 33.4 Å². The number of pyridine rings is 1. The van der Waals surface area contributed by atoms with Crippen LogP contribution in [0.3, 0.4) is 0 Å². The van der Waals surface area contributed by atoms with Crippen LogP contribution in [-0.2, 0) is 19.1 Å². The normalized spacial score (nSPS) is 23.4. The van der Waals surface area contributed by atoms with Gasteiger partial charge in [0.2, 0.25) is 5.91 Å². The van der Waals surface area contributed by atoms with Crippen LogP contribution in [0.15, 0.2) is 76.7 Å². The van der Waals surface area contributed by atoms with Crippen molar-refractivity contribution in [3.05, 3.63) is 78.2 Å². The first kappa shape index (κ1) is 31.0. The van der Waals surface area contributed by atoms with Gasteiger partial charge in [0.25, 0.3) is 0 Å². The summed E-state index contributed by atoms with van der Waals surface area (Å²) < 4.78 is 13.5. The van der Waals surface area contributed by atoms with Crippen molar-refractivity contribution in [3.8, 4) is 0 Å². The van der Waals surface area contributed by atoms with Crippen LogP contribution in [0.1, 0.15) is 76.9 Å². The molecule has 2 fully saturated rings. The van der Waals surface area contributed by atoms with E-state index in [1.807, 2.05) is 80.1 Å². The second-order valence-corrected chi connectivity index (χ2v) is 13.6. The summed E-state index contributed by atoms with van der Waals surface area (Å²) >= 11 is 1.60. The number of amides is 1. The van der Waals surface area contributed by atoms with Crippen molar-refractivity contribution in [2.45, 2.75) is 75.3 Å². The van der Waals surface area contributed by atoms with Gasteiger partial charge in [0.1, 0.15) is 0 Å². The Bertz CT molecular complexity index is 1710. The molecule has 3 unspecified atom stereocenters. The number of ether oxygens (including phenoxy) is 2. The molecule has 1 saturated heterocycles. The largest absolute Gasteiger partial charge is 0.466 e. The summed E-state index contributed by atoms with van der Waals surface area (Å²) in [6, 6.07) is 20.1. The fraction of sp³-hybridized carbons (Fsp3) is 0.389. The summed E-state index contributed by atoms with van der Waals surface area (Å²) in [5, 5.41) is 9.24. The van der Waals surface area contributed by atoms with E-state index in [1.54, 1.807) is 18.0 Å². The van der Waals surface area contributed by atoms with Gasteiger partial charge in [-0.05, 0) is 107 Å². The number of fused-ring (bicyclic) bond motifs is 1. The lowest BCUT2D eigenvalue weighted by Gasteiger charge is -2.27. The smallest absolute Gasteiger partial charge is 0.311 e. The Balaban J connectivity index is 1.26. The van der Waals surface area contributed by atoms with E-state index in [0.29, 0.717) is 25.9 Å². The summed E-state index contributed by atoms with van der Waals surface area (Å²) in [6.07, 6.45) is 10.5. The van der Waals surface area contributed by atoms with Crippen molar-refractivity contribution in [3.63, 3.8) is 0 Å². The first-order valence-electron chi connectivity index (χ1n) is 15.8. The SMILES string of the molecule is CCOC(=O)C1(C)CCC(C)(C(=O)Nc2ccccc2Sc2ccc3c(/C=C/c4ccccn4)nn(C4CCCCO4)c3c2)C1. The maximum Gasteiger partial charge on any atom is 0.311 e. The summed E-state index contributed by atoms with van der Waals surface area (Å²) in [6.45, 7) is 6.73. The number of carbonyl (C=O) groups is 2. The number of nitrogens with zero attached hydrogens (tertiary/aromatic N) is 3. The highest BCUT2D eigenvalue weighted by Crippen LogP contribution is 2.50. The van der Waals surface area contributed by atoms with E-state index in [0.717, 1.165) is 63.6 Å². The summed E-state index contributed by atoms with van der Waals surface area (Å²) in [5.41, 5.74) is 2.19. The lowest BCUT2D eigenvalue weighted by Crippen LogP contribution is -2.35. The predicted octanol–water partition coefficient (Wildman–Crippen LogP) is 8.15. The summed E-state index contributed by atoms with van der Waals surface area (Å²) in [5.74, 6) is -0.294. The van der Waals surface area contributed by atoms with Gasteiger partial charge in [-0.1, -0.05) is 36.9 Å². The van der Waals surface area contributed by atoms with E-state index in [-0.39, 0.29) is 18.1 Å². The Hall–Kier alpha value is -3.95. The first-order valence-corrected chi connectivity index (χ1v) is 16.6. The van der Waals surface area contributed by atoms with Gasteiger partial charge < -0.3 is 14.8 Å². The summed E-state index contributed by atoms with van der Waals surface area (Å²) in [4.78, 5) is 32.7. The molecule has 1 N–H and O–H groups in total. The third-order valence-electron chi connectivity index (χ3n) is 8.92. The van der Waals surface area contributed by atoms with E-state index >= 15 is 0 Å². The minimum Gasteiger partial charge on any atom is -0.466 e. The molecule has 2 aromatic carbocycles. The fourth-order valence-corrected chi connectivity index (χ4v) is 7.36. The molecule has 3 atom stereocenters. The van der Waals surface area contributed by atoms with Crippen LogP contribution < -0.4 is 5.32 Å². The molecule has 2 aromatic heterocycles. The molecule has 1 saturated carbocycles. The van der Waals surface area contributed by atoms with Crippen molar-refractivity contribution >= 4 is 52.4 Å². The third-order valence-corrected chi connectivity index (χ3v) is 9.99. The van der Waals surface area contributed by atoms with E-state index in [2.05, 4.69) is 28.5 Å². The molecule has 4 aromatic rings. The van der Waals surface area contributed by atoms with Gasteiger partial charge in [0.15, 0.2) is 6.23 Å². The number of hydrogen-bond donors (Lipinski definition) is 1. The summed E-state index contributed by atoms with van der Waals surface area (Å²) in [7, 11) is 0. The molecule has 1 amide bonds. The maximum absolute atomic E-state index is 13.7. The third kappa shape index (κ3) is 6.70. The highest BCUT2D eigenvalue weighted by molar-refractivity contribution is 7.99. The number of para-hydroxylation sites is 1. The molecule has 1 aliphatic carbocycles. The number of carbonyl (C=O) groups excluding carboxylic acids is 2. The van der Waals surface area contributed by atoms with Gasteiger partial charge >= 0.3 is 5.97 Å². The average molecular weight is 625 g/mol. The standard InChI is InChI=1S/C36H40N4O4S/c1-4-43-34(42)36(3)20-19-35(2,24-36)33(41)38-29-12-5-6-13-31(29)45-26-16-17-27-28(18-15-25-11-7-9-21-37-25)39-40(30(27)23-26)32-14-8-10-22-44-32/h5-7,9,11-13,15-18,21,23,32H,4,8,10,14,19-20,22,24H2,1-3H3,(H,38,41)/b18-15+. The molecule has 45 heavy (non-hydrogen) atoms. The second-order valence-electron chi connectivity index (χ2n) is 12.5. The number of nitrogens with one attached hydrogen (secondary N) is 1. The van der Waals surface area contributed by atoms with E-state index in [9.17, 15) is 9.59 Å². The highest BCUT2D eigenvalue weighted by Gasteiger charge is 2.51. The first-order chi connectivity index (χ1) is 21.8. The highest BCUT2D eigenvalue weighted by atomic mass is 32.2. The molecule has 1 aliphatic heterocycles. The van der Waals surface area contributed by atoms with Gasteiger partial charge in [0.05, 0.1) is 34.6 Å². The molecule has 6 rings (SSSR count). The maximum atomic E-state index is 13.7. The van der Waals surface area contributed by atoms with E-state index in [4.69, 9.17) is 14.6 Å². The monoisotopic (exact) mass is 624 g/mol. The van der Waals surface area contributed by atoms with Crippen molar-refractivity contribution in [2.75, 3.05) is 18.5 Å². The zero-order valence-electron chi connectivity index (χ0n) is 26.1. The lowest BCUT2D eigenvalue weighted by molar-refractivity contribution is -0.154. The Labute approximate surface area is 268 Å². The second kappa shape index (κ2) is 13.2. The van der Waals surface area contributed by atoms with Crippen LogP contribution in [0.2, 0.25) is 0 Å². The van der Waals surface area contributed by atoms with Crippen molar-refractivity contribution in [1.29, 1.82) is 0 Å². The van der Waals surface area contributed by atoms with Crippen LogP contribution >= 0.6 is 11.8 Å². The molecular formula is C36H40N4O4S. The molecular weight excluding hydrogens is 584 g/mol. The van der Waals surface area contributed by atoms with Crippen molar-refractivity contribution in [2.24, 2.45) is 10.8 Å². The molecule has 0 spiro atoms. The predicted molar refractivity (Wildman–Crippen MR) is 178 cm³/mol. The number of rotatable bonds is 9. The number of benzene rings is 2. The number of hydrogen-bond acceptors (Lipinski definition) is 7. The zero-order chi connectivity index (χ0) is 31.4. The van der Waals surface area contributed by atoms with Gasteiger partial charge in [-0.25, -0.2) is 4.68 Å². The van der Waals surface area contributed by atoms with Crippen LogP contribution in [0.4, 0.5) is 5.69 Å². The number of aromatic nitrogens is 3. The van der Waals surface area contributed by atoms with Crippen LogP contribution in [0.5, 0.6) is 0 Å². The minimum atomic E-state index is -0.663. The Morgan fingerprint density at radius 3 is 2.67 bits per heavy atom. The van der Waals surface area contributed by atoms with Gasteiger partial charge in [-0.15, -0.1) is 0 Å². The quantitative estimate of drug-likeness (QED) is 0.188. The Morgan fingerprint density at radius 2 is 1.89 bits per heavy atom. The van der Waals surface area contributed by atoms with E-state index < -0.39 is 10.8 Å². The van der Waals surface area contributed by atoms with Crippen LogP contribution in [0, 0.1) is 10.8 Å². The van der Waals surface area contributed by atoms with Gasteiger partial charge in [-0.3, -0.25) is 14.6 Å². The number of anilines is 1. The van der Waals surface area contributed by atoms with Crippen molar-refractivity contribution in [1.82, 2.24) is 14.8 Å². The van der Waals surface area contributed by atoms with Gasteiger partial charge in [-0.2, -0.15) is 5.10 Å². The fourth-order valence-electron chi connectivity index (χ4n) is 6.43. The molecule has 0 bridgehead atoms. The Kier molecular flexibility index (Phi) is 9.10. The Morgan fingerprint density at radius 1 is 1.07 bits per heavy atom. The van der Waals surface area contributed by atoms with E-state index in [1.165, 1.54) is 0 Å². The number of esters is 1.